The highest BCUT2D eigenvalue weighted by Gasteiger charge is 2.06. The van der Waals surface area contributed by atoms with Crippen LogP contribution in [-0.4, -0.2) is 18.0 Å². The van der Waals surface area contributed by atoms with Crippen molar-refractivity contribution in [2.45, 2.75) is 20.8 Å². The van der Waals surface area contributed by atoms with Crippen molar-refractivity contribution in [1.29, 1.82) is 0 Å². The van der Waals surface area contributed by atoms with Crippen molar-refractivity contribution in [3.63, 3.8) is 0 Å². The topological polar surface area (TPSA) is 12.5 Å². The second kappa shape index (κ2) is 7.55. The fourth-order valence-corrected chi connectivity index (χ4v) is 1.53. The van der Waals surface area contributed by atoms with Crippen molar-refractivity contribution >= 4 is 0 Å². The summed E-state index contributed by atoms with van der Waals surface area (Å²) in [5.74, 6) is 1.76. The standard InChI is InChI=1S/C15H21NO/c1-4-7-13-15(16(5-2)6-3)17-14-11-9-8-10-12-14/h4,7-13H,5-6H2,1-3H3/b7-4-,15-13-. The Morgan fingerprint density at radius 1 is 1.18 bits per heavy atom. The van der Waals surface area contributed by atoms with Crippen LogP contribution >= 0.6 is 0 Å². The molecular formula is C15H21NO. The SMILES string of the molecule is C/C=C\C=C(/Oc1ccccc1)N(CC)CC. The minimum Gasteiger partial charge on any atom is -0.441 e. The van der Waals surface area contributed by atoms with Gasteiger partial charge in [0.15, 0.2) is 5.88 Å². The fourth-order valence-electron chi connectivity index (χ4n) is 1.53. The highest BCUT2D eigenvalue weighted by molar-refractivity contribution is 5.24. The van der Waals surface area contributed by atoms with Crippen LogP contribution in [0.2, 0.25) is 0 Å². The average molecular weight is 231 g/mol. The van der Waals surface area contributed by atoms with Crippen LogP contribution in [0, 0.1) is 0 Å². The molecule has 0 amide bonds. The minimum absolute atomic E-state index is 0.871. The molecule has 0 N–H and O–H groups in total. The van der Waals surface area contributed by atoms with E-state index in [0.717, 1.165) is 24.7 Å². The van der Waals surface area contributed by atoms with E-state index in [0.29, 0.717) is 0 Å². The smallest absolute Gasteiger partial charge is 0.195 e. The van der Waals surface area contributed by atoms with E-state index >= 15 is 0 Å². The zero-order valence-electron chi connectivity index (χ0n) is 10.9. The summed E-state index contributed by atoms with van der Waals surface area (Å²) in [6.45, 7) is 8.13. The molecule has 0 unspecified atom stereocenters. The highest BCUT2D eigenvalue weighted by Crippen LogP contribution is 2.15. The molecule has 0 saturated heterocycles. The van der Waals surface area contributed by atoms with E-state index in [9.17, 15) is 0 Å². The lowest BCUT2D eigenvalue weighted by Gasteiger charge is -2.23. The average Bonchev–Trinajstić information content (AvgIpc) is 2.38. The molecule has 0 aliphatic carbocycles. The summed E-state index contributed by atoms with van der Waals surface area (Å²) in [5, 5.41) is 0. The molecule has 0 atom stereocenters. The summed E-state index contributed by atoms with van der Waals surface area (Å²) < 4.78 is 5.90. The summed E-state index contributed by atoms with van der Waals surface area (Å²) in [6.07, 6.45) is 5.99. The van der Waals surface area contributed by atoms with E-state index in [1.54, 1.807) is 0 Å². The number of nitrogens with zero attached hydrogens (tertiary/aromatic N) is 1. The first kappa shape index (κ1) is 13.4. The van der Waals surface area contributed by atoms with Gasteiger partial charge in [0.05, 0.1) is 0 Å². The molecular weight excluding hydrogens is 210 g/mol. The van der Waals surface area contributed by atoms with Gasteiger partial charge in [0.25, 0.3) is 0 Å². The first-order valence-electron chi connectivity index (χ1n) is 6.12. The molecule has 0 aliphatic heterocycles. The van der Waals surface area contributed by atoms with Gasteiger partial charge in [-0.2, -0.15) is 0 Å². The van der Waals surface area contributed by atoms with Crippen LogP contribution in [0.15, 0.2) is 54.4 Å². The zero-order chi connectivity index (χ0) is 12.5. The van der Waals surface area contributed by atoms with Gasteiger partial charge in [-0.15, -0.1) is 0 Å². The van der Waals surface area contributed by atoms with Gasteiger partial charge in [-0.05, 0) is 39.0 Å². The predicted molar refractivity (Wildman–Crippen MR) is 72.9 cm³/mol. The van der Waals surface area contributed by atoms with Crippen LogP contribution < -0.4 is 4.74 Å². The minimum atomic E-state index is 0.871. The van der Waals surface area contributed by atoms with Crippen molar-refractivity contribution in [3.05, 3.63) is 54.4 Å². The number of para-hydroxylation sites is 1. The molecule has 0 aliphatic rings. The molecule has 92 valence electrons. The Morgan fingerprint density at radius 3 is 2.35 bits per heavy atom. The quantitative estimate of drug-likeness (QED) is 0.545. The Morgan fingerprint density at radius 2 is 1.82 bits per heavy atom. The molecule has 0 spiro atoms. The molecule has 1 aromatic carbocycles. The van der Waals surface area contributed by atoms with Crippen molar-refractivity contribution in [2.75, 3.05) is 13.1 Å². The molecule has 0 radical (unpaired) electrons. The molecule has 17 heavy (non-hydrogen) atoms. The maximum atomic E-state index is 5.90. The van der Waals surface area contributed by atoms with Crippen LogP contribution in [0.5, 0.6) is 5.75 Å². The maximum absolute atomic E-state index is 5.90. The van der Waals surface area contributed by atoms with Gasteiger partial charge >= 0.3 is 0 Å². The molecule has 0 bridgehead atoms. The monoisotopic (exact) mass is 231 g/mol. The van der Waals surface area contributed by atoms with Crippen molar-refractivity contribution in [1.82, 2.24) is 4.90 Å². The fraction of sp³-hybridized carbons (Fsp3) is 0.333. The largest absolute Gasteiger partial charge is 0.441 e. The van der Waals surface area contributed by atoms with Crippen LogP contribution in [-0.2, 0) is 0 Å². The first-order chi connectivity index (χ1) is 8.31. The number of ether oxygens (including phenoxy) is 1. The van der Waals surface area contributed by atoms with E-state index in [1.165, 1.54) is 0 Å². The van der Waals surface area contributed by atoms with E-state index < -0.39 is 0 Å². The second-order valence-corrected chi connectivity index (χ2v) is 3.62. The molecule has 0 saturated carbocycles. The van der Waals surface area contributed by atoms with Gasteiger partial charge in [0.1, 0.15) is 5.75 Å². The number of benzene rings is 1. The Hall–Kier alpha value is -1.70. The molecule has 1 rings (SSSR count). The molecule has 2 heteroatoms. The lowest BCUT2D eigenvalue weighted by Crippen LogP contribution is -2.25. The first-order valence-corrected chi connectivity index (χ1v) is 6.12. The Labute approximate surface area is 104 Å². The van der Waals surface area contributed by atoms with Crippen molar-refractivity contribution in [3.8, 4) is 5.75 Å². The van der Waals surface area contributed by atoms with Gasteiger partial charge in [-0.3, -0.25) is 0 Å². The predicted octanol–water partition coefficient (Wildman–Crippen LogP) is 3.82. The van der Waals surface area contributed by atoms with Crippen LogP contribution in [0.4, 0.5) is 0 Å². The van der Waals surface area contributed by atoms with E-state index in [2.05, 4.69) is 18.7 Å². The van der Waals surface area contributed by atoms with E-state index in [-0.39, 0.29) is 0 Å². The third kappa shape index (κ3) is 4.35. The summed E-state index contributed by atoms with van der Waals surface area (Å²) in [5.41, 5.74) is 0. The number of allylic oxidation sites excluding steroid dienone is 3. The Balaban J connectivity index is 2.84. The molecule has 0 fully saturated rings. The molecule has 0 heterocycles. The second-order valence-electron chi connectivity index (χ2n) is 3.62. The van der Waals surface area contributed by atoms with Gasteiger partial charge in [-0.1, -0.05) is 30.4 Å². The van der Waals surface area contributed by atoms with Crippen molar-refractivity contribution in [2.24, 2.45) is 0 Å². The third-order valence-electron chi connectivity index (χ3n) is 2.47. The van der Waals surface area contributed by atoms with Gasteiger partial charge < -0.3 is 9.64 Å². The molecule has 1 aromatic rings. The van der Waals surface area contributed by atoms with Crippen LogP contribution in [0.3, 0.4) is 0 Å². The van der Waals surface area contributed by atoms with E-state index in [4.69, 9.17) is 4.74 Å². The zero-order valence-corrected chi connectivity index (χ0v) is 10.9. The molecule has 2 nitrogen and oxygen atoms in total. The summed E-state index contributed by atoms with van der Waals surface area (Å²) in [7, 11) is 0. The summed E-state index contributed by atoms with van der Waals surface area (Å²) in [4.78, 5) is 2.19. The van der Waals surface area contributed by atoms with Gasteiger partial charge in [0, 0.05) is 13.1 Å². The highest BCUT2D eigenvalue weighted by atomic mass is 16.5. The maximum Gasteiger partial charge on any atom is 0.195 e. The van der Waals surface area contributed by atoms with E-state index in [1.807, 2.05) is 55.5 Å². The van der Waals surface area contributed by atoms with Crippen LogP contribution in [0.1, 0.15) is 20.8 Å². The number of hydrogen-bond donors (Lipinski definition) is 0. The third-order valence-corrected chi connectivity index (χ3v) is 2.47. The van der Waals surface area contributed by atoms with Gasteiger partial charge in [0.2, 0.25) is 0 Å². The Bertz CT molecular complexity index is 364. The number of hydrogen-bond acceptors (Lipinski definition) is 2. The summed E-state index contributed by atoms with van der Waals surface area (Å²) >= 11 is 0. The molecule has 0 aromatic heterocycles. The lowest BCUT2D eigenvalue weighted by atomic mass is 10.3. The number of rotatable bonds is 6. The summed E-state index contributed by atoms with van der Waals surface area (Å²) in [6, 6.07) is 9.87. The van der Waals surface area contributed by atoms with Gasteiger partial charge in [-0.25, -0.2) is 0 Å². The Kier molecular flexibility index (Phi) is 5.94. The van der Waals surface area contributed by atoms with Crippen LogP contribution in [0.25, 0.3) is 0 Å². The normalized spacial score (nSPS) is 11.8. The van der Waals surface area contributed by atoms with Crippen molar-refractivity contribution < 1.29 is 4.74 Å². The lowest BCUT2D eigenvalue weighted by molar-refractivity contribution is 0.231.